The molecule has 0 saturated heterocycles. The third-order valence-corrected chi connectivity index (χ3v) is 2.06. The Labute approximate surface area is 95.9 Å². The minimum atomic E-state index is 0.0360. The van der Waals surface area contributed by atoms with Gasteiger partial charge in [0.05, 0.1) is 30.3 Å². The monoisotopic (exact) mass is 222 g/mol. The Bertz CT molecular complexity index is 352. The lowest BCUT2D eigenvalue weighted by Crippen LogP contribution is -2.28. The number of amides is 1. The van der Waals surface area contributed by atoms with Crippen LogP contribution in [0.3, 0.4) is 0 Å². The SMILES string of the molecule is CCNc1cncc(NCC(=O)N(C)C)c1. The smallest absolute Gasteiger partial charge is 0.241 e. The number of likely N-dealkylation sites (N-methyl/N-ethyl adjacent to an activating group) is 1. The average molecular weight is 222 g/mol. The van der Waals surface area contributed by atoms with E-state index in [9.17, 15) is 4.79 Å². The van der Waals surface area contributed by atoms with E-state index in [-0.39, 0.29) is 12.5 Å². The van der Waals surface area contributed by atoms with Gasteiger partial charge in [0, 0.05) is 20.6 Å². The van der Waals surface area contributed by atoms with Crippen molar-refractivity contribution in [1.82, 2.24) is 9.88 Å². The molecule has 88 valence electrons. The Kier molecular flexibility index (Phi) is 4.57. The van der Waals surface area contributed by atoms with Crippen LogP contribution >= 0.6 is 0 Å². The van der Waals surface area contributed by atoms with Gasteiger partial charge in [0.15, 0.2) is 0 Å². The Morgan fingerprint density at radius 3 is 2.50 bits per heavy atom. The topological polar surface area (TPSA) is 57.3 Å². The first kappa shape index (κ1) is 12.3. The van der Waals surface area contributed by atoms with E-state index >= 15 is 0 Å². The second kappa shape index (κ2) is 5.95. The molecule has 0 bridgehead atoms. The fourth-order valence-corrected chi connectivity index (χ4v) is 1.17. The summed E-state index contributed by atoms with van der Waals surface area (Å²) in [6, 6.07) is 1.93. The minimum Gasteiger partial charge on any atom is -0.384 e. The maximum atomic E-state index is 11.4. The van der Waals surface area contributed by atoms with Crippen molar-refractivity contribution in [2.45, 2.75) is 6.92 Å². The predicted octanol–water partition coefficient (Wildman–Crippen LogP) is 1.01. The maximum Gasteiger partial charge on any atom is 0.241 e. The molecule has 0 aliphatic rings. The summed E-state index contributed by atoms with van der Waals surface area (Å²) in [6.45, 7) is 3.15. The normalized spacial score (nSPS) is 9.69. The molecule has 1 heterocycles. The first-order chi connectivity index (χ1) is 7.63. The fraction of sp³-hybridized carbons (Fsp3) is 0.455. The number of nitrogens with zero attached hydrogens (tertiary/aromatic N) is 2. The quantitative estimate of drug-likeness (QED) is 0.780. The maximum absolute atomic E-state index is 11.4. The molecule has 5 nitrogen and oxygen atoms in total. The summed E-state index contributed by atoms with van der Waals surface area (Å²) in [5.41, 5.74) is 1.79. The number of carbonyl (C=O) groups excluding carboxylic acids is 1. The van der Waals surface area contributed by atoms with Crippen molar-refractivity contribution in [3.05, 3.63) is 18.5 Å². The summed E-state index contributed by atoms with van der Waals surface area (Å²) in [4.78, 5) is 17.0. The highest BCUT2D eigenvalue weighted by Crippen LogP contribution is 2.12. The Balaban J connectivity index is 2.53. The number of hydrogen-bond acceptors (Lipinski definition) is 4. The molecule has 0 unspecified atom stereocenters. The van der Waals surface area contributed by atoms with Crippen LogP contribution in [0.2, 0.25) is 0 Å². The van der Waals surface area contributed by atoms with E-state index in [0.717, 1.165) is 17.9 Å². The van der Waals surface area contributed by atoms with E-state index < -0.39 is 0 Å². The first-order valence-corrected chi connectivity index (χ1v) is 5.26. The van der Waals surface area contributed by atoms with Crippen molar-refractivity contribution in [3.63, 3.8) is 0 Å². The first-order valence-electron chi connectivity index (χ1n) is 5.26. The zero-order chi connectivity index (χ0) is 12.0. The summed E-state index contributed by atoms with van der Waals surface area (Å²) in [5.74, 6) is 0.0360. The molecule has 0 aliphatic carbocycles. The van der Waals surface area contributed by atoms with Crippen LogP contribution in [0.4, 0.5) is 11.4 Å². The summed E-state index contributed by atoms with van der Waals surface area (Å²) in [7, 11) is 3.47. The highest BCUT2D eigenvalue weighted by molar-refractivity contribution is 5.80. The van der Waals surface area contributed by atoms with E-state index in [4.69, 9.17) is 0 Å². The van der Waals surface area contributed by atoms with Gasteiger partial charge in [-0.15, -0.1) is 0 Å². The second-order valence-electron chi connectivity index (χ2n) is 3.63. The summed E-state index contributed by atoms with van der Waals surface area (Å²) < 4.78 is 0. The van der Waals surface area contributed by atoms with Crippen molar-refractivity contribution < 1.29 is 4.79 Å². The van der Waals surface area contributed by atoms with Gasteiger partial charge in [-0.3, -0.25) is 9.78 Å². The number of aromatic nitrogens is 1. The summed E-state index contributed by atoms with van der Waals surface area (Å²) in [5, 5.41) is 6.19. The van der Waals surface area contributed by atoms with Gasteiger partial charge in [0.1, 0.15) is 0 Å². The van der Waals surface area contributed by atoms with Gasteiger partial charge in [0.25, 0.3) is 0 Å². The van der Waals surface area contributed by atoms with Gasteiger partial charge < -0.3 is 15.5 Å². The fourth-order valence-electron chi connectivity index (χ4n) is 1.17. The van der Waals surface area contributed by atoms with Gasteiger partial charge in [-0.2, -0.15) is 0 Å². The van der Waals surface area contributed by atoms with Crippen LogP contribution in [0.5, 0.6) is 0 Å². The summed E-state index contributed by atoms with van der Waals surface area (Å²) in [6.07, 6.45) is 3.45. The standard InChI is InChI=1S/C11H18N4O/c1-4-13-9-5-10(7-12-6-9)14-8-11(16)15(2)3/h5-7,13-14H,4,8H2,1-3H3. The van der Waals surface area contributed by atoms with Crippen molar-refractivity contribution >= 4 is 17.3 Å². The molecule has 1 amide bonds. The molecule has 1 rings (SSSR count). The van der Waals surface area contributed by atoms with E-state index in [1.54, 1.807) is 31.4 Å². The van der Waals surface area contributed by atoms with E-state index in [2.05, 4.69) is 15.6 Å². The molecule has 0 aliphatic heterocycles. The third-order valence-electron chi connectivity index (χ3n) is 2.06. The van der Waals surface area contributed by atoms with Gasteiger partial charge in [-0.1, -0.05) is 0 Å². The lowest BCUT2D eigenvalue weighted by atomic mass is 10.3. The molecule has 1 aromatic rings. The van der Waals surface area contributed by atoms with Crippen LogP contribution in [0.15, 0.2) is 18.5 Å². The van der Waals surface area contributed by atoms with Crippen molar-refractivity contribution in [1.29, 1.82) is 0 Å². The zero-order valence-corrected chi connectivity index (χ0v) is 9.95. The molecule has 0 spiro atoms. The number of carbonyl (C=O) groups is 1. The molecule has 0 fully saturated rings. The van der Waals surface area contributed by atoms with Crippen molar-refractivity contribution in [2.24, 2.45) is 0 Å². The van der Waals surface area contributed by atoms with Gasteiger partial charge >= 0.3 is 0 Å². The van der Waals surface area contributed by atoms with Crippen molar-refractivity contribution in [3.8, 4) is 0 Å². The minimum absolute atomic E-state index is 0.0360. The van der Waals surface area contributed by atoms with E-state index in [1.165, 1.54) is 0 Å². The van der Waals surface area contributed by atoms with E-state index in [1.807, 2.05) is 13.0 Å². The molecule has 0 saturated carbocycles. The molecule has 0 radical (unpaired) electrons. The van der Waals surface area contributed by atoms with Crippen LogP contribution in [-0.4, -0.2) is 43.0 Å². The average Bonchev–Trinajstić information content (AvgIpc) is 2.26. The third kappa shape index (κ3) is 3.76. The number of rotatable bonds is 5. The Hall–Kier alpha value is -1.78. The van der Waals surface area contributed by atoms with Gasteiger partial charge in [-0.05, 0) is 13.0 Å². The molecule has 1 aromatic heterocycles. The second-order valence-corrected chi connectivity index (χ2v) is 3.63. The van der Waals surface area contributed by atoms with Gasteiger partial charge in [-0.25, -0.2) is 0 Å². The Morgan fingerprint density at radius 2 is 1.94 bits per heavy atom. The number of nitrogens with one attached hydrogen (secondary N) is 2. The van der Waals surface area contributed by atoms with Crippen molar-refractivity contribution in [2.75, 3.05) is 37.8 Å². The van der Waals surface area contributed by atoms with Crippen LogP contribution in [0.1, 0.15) is 6.92 Å². The molecule has 2 N–H and O–H groups in total. The highest BCUT2D eigenvalue weighted by Gasteiger charge is 2.03. The molecule has 16 heavy (non-hydrogen) atoms. The van der Waals surface area contributed by atoms with E-state index in [0.29, 0.717) is 0 Å². The molecule has 5 heteroatoms. The van der Waals surface area contributed by atoms with Crippen LogP contribution in [-0.2, 0) is 4.79 Å². The molecular weight excluding hydrogens is 204 g/mol. The zero-order valence-electron chi connectivity index (χ0n) is 9.95. The number of anilines is 2. The molecule has 0 aromatic carbocycles. The van der Waals surface area contributed by atoms with Crippen LogP contribution < -0.4 is 10.6 Å². The number of hydrogen-bond donors (Lipinski definition) is 2. The largest absolute Gasteiger partial charge is 0.384 e. The number of pyridine rings is 1. The lowest BCUT2D eigenvalue weighted by molar-refractivity contribution is -0.126. The molecule has 0 atom stereocenters. The molecular formula is C11H18N4O. The predicted molar refractivity (Wildman–Crippen MR) is 65.6 cm³/mol. The highest BCUT2D eigenvalue weighted by atomic mass is 16.2. The lowest BCUT2D eigenvalue weighted by Gasteiger charge is -2.12. The van der Waals surface area contributed by atoms with Gasteiger partial charge in [0.2, 0.25) is 5.91 Å². The Morgan fingerprint density at radius 1 is 1.31 bits per heavy atom. The van der Waals surface area contributed by atoms with Crippen LogP contribution in [0.25, 0.3) is 0 Å². The van der Waals surface area contributed by atoms with Crippen LogP contribution in [0, 0.1) is 0 Å². The summed E-state index contributed by atoms with van der Waals surface area (Å²) >= 11 is 0.